The second-order valence-corrected chi connectivity index (χ2v) is 5.34. The molecule has 16 heavy (non-hydrogen) atoms. The average molecular weight is 238 g/mol. The number of aromatic nitrogens is 2. The third kappa shape index (κ3) is 2.90. The van der Waals surface area contributed by atoms with Crippen LogP contribution in [0.15, 0.2) is 22.0 Å². The summed E-state index contributed by atoms with van der Waals surface area (Å²) in [5, 5.41) is 5.89. The van der Waals surface area contributed by atoms with Crippen LogP contribution in [0.2, 0.25) is 0 Å². The zero-order valence-corrected chi connectivity index (χ0v) is 10.4. The van der Waals surface area contributed by atoms with Gasteiger partial charge in [0.15, 0.2) is 0 Å². The number of rotatable bonds is 3. The molecule has 2 rings (SSSR count). The van der Waals surface area contributed by atoms with Crippen molar-refractivity contribution in [1.29, 1.82) is 0 Å². The molecule has 2 aromatic heterocycles. The van der Waals surface area contributed by atoms with Crippen LogP contribution >= 0.6 is 11.3 Å². The van der Waals surface area contributed by atoms with Crippen LogP contribution in [0.5, 0.6) is 0 Å². The van der Waals surface area contributed by atoms with Crippen molar-refractivity contribution in [2.45, 2.75) is 33.0 Å². The first kappa shape index (κ1) is 11.3. The first-order chi connectivity index (χ1) is 7.54. The minimum Gasteiger partial charge on any atom is -0.366 e. The number of hydrogen-bond donors (Lipinski definition) is 0. The summed E-state index contributed by atoms with van der Waals surface area (Å²) in [6, 6.07) is 3.92. The van der Waals surface area contributed by atoms with E-state index in [9.17, 15) is 0 Å². The van der Waals surface area contributed by atoms with Gasteiger partial charge >= 0.3 is 0 Å². The molecular weight excluding hydrogens is 224 g/mol. The Bertz CT molecular complexity index is 443. The Morgan fingerprint density at radius 3 is 2.88 bits per heavy atom. The van der Waals surface area contributed by atoms with Crippen LogP contribution in [-0.2, 0) is 11.3 Å². The maximum Gasteiger partial charge on any atom is 0.253 e. The van der Waals surface area contributed by atoms with Crippen molar-refractivity contribution in [3.05, 3.63) is 23.4 Å². The van der Waals surface area contributed by atoms with E-state index in [4.69, 9.17) is 9.26 Å². The predicted octanol–water partition coefficient (Wildman–Crippen LogP) is 3.11. The number of thiophene rings is 1. The molecule has 2 heterocycles. The molecule has 0 saturated heterocycles. The monoisotopic (exact) mass is 238 g/mol. The molecule has 0 spiro atoms. The topological polar surface area (TPSA) is 48.2 Å². The van der Waals surface area contributed by atoms with E-state index in [0.29, 0.717) is 18.3 Å². The summed E-state index contributed by atoms with van der Waals surface area (Å²) in [5.41, 5.74) is -0.197. The summed E-state index contributed by atoms with van der Waals surface area (Å²) in [6.45, 7) is 6.32. The summed E-state index contributed by atoms with van der Waals surface area (Å²) >= 11 is 1.59. The Kier molecular flexibility index (Phi) is 3.07. The molecule has 0 amide bonds. The fourth-order valence-corrected chi connectivity index (χ4v) is 1.75. The zero-order chi connectivity index (χ0) is 11.6. The molecule has 0 aliphatic heterocycles. The Labute approximate surface area is 98.3 Å². The fourth-order valence-electron chi connectivity index (χ4n) is 1.10. The van der Waals surface area contributed by atoms with Gasteiger partial charge in [0.1, 0.15) is 6.61 Å². The largest absolute Gasteiger partial charge is 0.366 e. The summed E-state index contributed by atoms with van der Waals surface area (Å²) in [7, 11) is 0. The van der Waals surface area contributed by atoms with E-state index >= 15 is 0 Å². The molecular formula is C11H14N2O2S. The van der Waals surface area contributed by atoms with Crippen molar-refractivity contribution in [2.75, 3.05) is 0 Å². The van der Waals surface area contributed by atoms with Crippen LogP contribution in [0, 0.1) is 0 Å². The van der Waals surface area contributed by atoms with Crippen molar-refractivity contribution < 1.29 is 9.26 Å². The molecule has 5 heteroatoms. The maximum atomic E-state index is 5.55. The molecule has 0 saturated carbocycles. The fraction of sp³-hybridized carbons (Fsp3) is 0.455. The molecule has 0 atom stereocenters. The van der Waals surface area contributed by atoms with Gasteiger partial charge in [0.2, 0.25) is 5.82 Å². The highest BCUT2D eigenvalue weighted by Crippen LogP contribution is 2.21. The van der Waals surface area contributed by atoms with Gasteiger partial charge in [-0.3, -0.25) is 0 Å². The molecule has 0 N–H and O–H groups in total. The molecule has 4 nitrogen and oxygen atoms in total. The number of ether oxygens (including phenoxy) is 1. The molecule has 0 fully saturated rings. The van der Waals surface area contributed by atoms with Gasteiger partial charge in [-0.1, -0.05) is 11.2 Å². The highest BCUT2D eigenvalue weighted by atomic mass is 32.1. The van der Waals surface area contributed by atoms with Crippen LogP contribution in [0.25, 0.3) is 10.7 Å². The van der Waals surface area contributed by atoms with E-state index in [1.165, 1.54) is 0 Å². The standard InChI is InChI=1S/C11H14N2O2S/c1-11(2,3)14-7-9-12-10(13-15-9)8-5-4-6-16-8/h4-6H,7H2,1-3H3. The van der Waals surface area contributed by atoms with E-state index in [0.717, 1.165) is 4.88 Å². The molecule has 0 aliphatic rings. The van der Waals surface area contributed by atoms with Crippen molar-refractivity contribution in [1.82, 2.24) is 10.1 Å². The lowest BCUT2D eigenvalue weighted by atomic mass is 10.2. The third-order valence-electron chi connectivity index (χ3n) is 1.84. The Morgan fingerprint density at radius 2 is 2.25 bits per heavy atom. The quantitative estimate of drug-likeness (QED) is 0.824. The second-order valence-electron chi connectivity index (χ2n) is 4.39. The smallest absolute Gasteiger partial charge is 0.253 e. The normalized spacial score (nSPS) is 11.9. The molecule has 0 radical (unpaired) electrons. The second kappa shape index (κ2) is 4.35. The van der Waals surface area contributed by atoms with Gasteiger partial charge in [0.05, 0.1) is 10.5 Å². The molecule has 0 unspecified atom stereocenters. The Morgan fingerprint density at radius 1 is 1.44 bits per heavy atom. The first-order valence-electron chi connectivity index (χ1n) is 5.05. The number of hydrogen-bond acceptors (Lipinski definition) is 5. The van der Waals surface area contributed by atoms with Gasteiger partial charge in [-0.15, -0.1) is 11.3 Å². The van der Waals surface area contributed by atoms with Crippen molar-refractivity contribution in [2.24, 2.45) is 0 Å². The van der Waals surface area contributed by atoms with E-state index in [1.54, 1.807) is 11.3 Å². The first-order valence-corrected chi connectivity index (χ1v) is 5.93. The molecule has 0 bridgehead atoms. The minimum atomic E-state index is -0.197. The van der Waals surface area contributed by atoms with Gasteiger partial charge < -0.3 is 9.26 Å². The van der Waals surface area contributed by atoms with Crippen molar-refractivity contribution in [3.63, 3.8) is 0 Å². The zero-order valence-electron chi connectivity index (χ0n) is 9.56. The van der Waals surface area contributed by atoms with E-state index < -0.39 is 0 Å². The van der Waals surface area contributed by atoms with Crippen molar-refractivity contribution in [3.8, 4) is 10.7 Å². The highest BCUT2D eigenvalue weighted by Gasteiger charge is 2.14. The summed E-state index contributed by atoms with van der Waals surface area (Å²) < 4.78 is 10.7. The van der Waals surface area contributed by atoms with Crippen LogP contribution in [0.3, 0.4) is 0 Å². The van der Waals surface area contributed by atoms with Gasteiger partial charge in [-0.25, -0.2) is 0 Å². The molecule has 86 valence electrons. The molecule has 0 aromatic carbocycles. The van der Waals surface area contributed by atoms with Gasteiger partial charge in [-0.2, -0.15) is 4.98 Å². The summed E-state index contributed by atoms with van der Waals surface area (Å²) in [5.74, 6) is 1.14. The van der Waals surface area contributed by atoms with Crippen LogP contribution < -0.4 is 0 Å². The number of nitrogens with zero attached hydrogens (tertiary/aromatic N) is 2. The summed E-state index contributed by atoms with van der Waals surface area (Å²) in [6.07, 6.45) is 0. The van der Waals surface area contributed by atoms with Crippen LogP contribution in [0.1, 0.15) is 26.7 Å². The molecule has 0 aliphatic carbocycles. The third-order valence-corrected chi connectivity index (χ3v) is 2.70. The van der Waals surface area contributed by atoms with E-state index in [-0.39, 0.29) is 5.60 Å². The SMILES string of the molecule is CC(C)(C)OCc1nc(-c2cccs2)no1. The van der Waals surface area contributed by atoms with Crippen molar-refractivity contribution >= 4 is 11.3 Å². The lowest BCUT2D eigenvalue weighted by Crippen LogP contribution is -2.18. The van der Waals surface area contributed by atoms with Gasteiger partial charge in [0, 0.05) is 0 Å². The van der Waals surface area contributed by atoms with E-state index in [1.807, 2.05) is 38.3 Å². The minimum absolute atomic E-state index is 0.197. The van der Waals surface area contributed by atoms with Gasteiger partial charge in [-0.05, 0) is 32.2 Å². The maximum absolute atomic E-state index is 5.55. The van der Waals surface area contributed by atoms with Crippen LogP contribution in [0.4, 0.5) is 0 Å². The molecule has 2 aromatic rings. The Hall–Kier alpha value is -1.20. The predicted molar refractivity (Wildman–Crippen MR) is 62.2 cm³/mol. The lowest BCUT2D eigenvalue weighted by Gasteiger charge is -2.17. The average Bonchev–Trinajstić information content (AvgIpc) is 2.84. The van der Waals surface area contributed by atoms with E-state index in [2.05, 4.69) is 10.1 Å². The Balaban J connectivity index is 2.03. The lowest BCUT2D eigenvalue weighted by molar-refractivity contribution is -0.0260. The summed E-state index contributed by atoms with van der Waals surface area (Å²) in [4.78, 5) is 5.27. The van der Waals surface area contributed by atoms with Crippen LogP contribution in [-0.4, -0.2) is 15.7 Å². The highest BCUT2D eigenvalue weighted by molar-refractivity contribution is 7.13. The van der Waals surface area contributed by atoms with Gasteiger partial charge in [0.25, 0.3) is 5.89 Å².